The predicted octanol–water partition coefficient (Wildman–Crippen LogP) is 4.99. The van der Waals surface area contributed by atoms with Crippen LogP contribution in [0.1, 0.15) is 149 Å². The quantitative estimate of drug-likeness (QED) is 0.0343. The van der Waals surface area contributed by atoms with Crippen molar-refractivity contribution in [3.8, 4) is 0 Å². The molecular weight excluding hydrogens is 647 g/mol. The number of carbonyl (C=O) groups excluding carboxylic acids is 2. The van der Waals surface area contributed by atoms with Crippen LogP contribution in [0, 0.1) is 0 Å². The summed E-state index contributed by atoms with van der Waals surface area (Å²) in [6, 6.07) is 0. The van der Waals surface area contributed by atoms with Gasteiger partial charge in [-0.2, -0.15) is 0 Å². The van der Waals surface area contributed by atoms with Gasteiger partial charge in [-0.25, -0.2) is 4.57 Å². The van der Waals surface area contributed by atoms with Crippen LogP contribution in [0.4, 0.5) is 0 Å². The highest BCUT2D eigenvalue weighted by atomic mass is 31.2. The molecule has 0 amide bonds. The second kappa shape index (κ2) is 26.6. The zero-order valence-corrected chi connectivity index (χ0v) is 30.2. The van der Waals surface area contributed by atoms with E-state index in [-0.39, 0.29) is 12.8 Å². The molecule has 0 radical (unpaired) electrons. The molecule has 14 heteroatoms. The number of hydrogen-bond donors (Lipinski definition) is 6. The second-order valence-electron chi connectivity index (χ2n) is 13.1. The zero-order chi connectivity index (χ0) is 35.8. The fourth-order valence-corrected chi connectivity index (χ4v) is 6.65. The highest BCUT2D eigenvalue weighted by Crippen LogP contribution is 2.47. The molecule has 6 N–H and O–H groups in total. The summed E-state index contributed by atoms with van der Waals surface area (Å²) in [5.41, 5.74) is 0. The molecule has 0 spiro atoms. The van der Waals surface area contributed by atoms with Crippen LogP contribution >= 0.6 is 7.82 Å². The van der Waals surface area contributed by atoms with Crippen LogP contribution in [0.3, 0.4) is 0 Å². The summed E-state index contributed by atoms with van der Waals surface area (Å²) < 4.78 is 32.6. The fraction of sp³-hybridized carbons (Fsp3) is 0.941. The van der Waals surface area contributed by atoms with Gasteiger partial charge in [0.2, 0.25) is 0 Å². The Balaban J connectivity index is 2.25. The van der Waals surface area contributed by atoms with Gasteiger partial charge in [0.1, 0.15) is 43.2 Å². The molecule has 1 aliphatic carbocycles. The van der Waals surface area contributed by atoms with E-state index >= 15 is 0 Å². The van der Waals surface area contributed by atoms with Crippen molar-refractivity contribution in [2.24, 2.45) is 0 Å². The van der Waals surface area contributed by atoms with Crippen molar-refractivity contribution in [2.45, 2.75) is 191 Å². The van der Waals surface area contributed by atoms with E-state index in [9.17, 15) is 44.6 Å². The first-order valence-corrected chi connectivity index (χ1v) is 19.8. The average molecular weight is 713 g/mol. The van der Waals surface area contributed by atoms with Crippen molar-refractivity contribution in [1.82, 2.24) is 0 Å². The first-order valence-electron chi connectivity index (χ1n) is 18.3. The van der Waals surface area contributed by atoms with Crippen LogP contribution in [-0.4, -0.2) is 98.3 Å². The van der Waals surface area contributed by atoms with E-state index < -0.39 is 75.7 Å². The summed E-state index contributed by atoms with van der Waals surface area (Å²) in [5, 5.41) is 49.4. The molecule has 1 aliphatic rings. The number of esters is 2. The van der Waals surface area contributed by atoms with E-state index in [1.54, 1.807) is 6.92 Å². The lowest BCUT2D eigenvalue weighted by atomic mass is 9.85. The Kier molecular flexibility index (Phi) is 24.9. The largest absolute Gasteiger partial charge is 0.472 e. The summed E-state index contributed by atoms with van der Waals surface area (Å²) in [6.45, 7) is 2.83. The number of aliphatic hydroxyl groups excluding tert-OH is 5. The highest BCUT2D eigenvalue weighted by molar-refractivity contribution is 7.47. The topological polar surface area (TPSA) is 210 Å². The molecule has 0 saturated heterocycles. The van der Waals surface area contributed by atoms with Crippen molar-refractivity contribution in [1.29, 1.82) is 0 Å². The van der Waals surface area contributed by atoms with E-state index in [1.165, 1.54) is 89.9 Å². The lowest BCUT2D eigenvalue weighted by Crippen LogP contribution is -2.64. The Morgan fingerprint density at radius 1 is 0.562 bits per heavy atom. The Bertz CT molecular complexity index is 875. The molecule has 6 unspecified atom stereocenters. The summed E-state index contributed by atoms with van der Waals surface area (Å²) in [7, 11) is -5.07. The number of aliphatic hydroxyl groups is 5. The van der Waals surface area contributed by atoms with Gasteiger partial charge in [-0.3, -0.25) is 18.6 Å². The third kappa shape index (κ3) is 19.9. The molecule has 0 aromatic carbocycles. The van der Waals surface area contributed by atoms with E-state index in [0.717, 1.165) is 19.3 Å². The molecule has 1 rings (SSSR count). The number of hydrogen-bond acceptors (Lipinski definition) is 12. The Labute approximate surface area is 287 Å². The molecular formula is C34H65O13P. The van der Waals surface area contributed by atoms with Crippen molar-refractivity contribution in [3.05, 3.63) is 0 Å². The summed E-state index contributed by atoms with van der Waals surface area (Å²) >= 11 is 0. The van der Waals surface area contributed by atoms with Crippen LogP contribution in [-0.2, 0) is 32.7 Å². The summed E-state index contributed by atoms with van der Waals surface area (Å²) in [5.74, 6) is -1.15. The third-order valence-corrected chi connectivity index (χ3v) is 9.65. The van der Waals surface area contributed by atoms with Gasteiger partial charge in [0, 0.05) is 12.8 Å². The SMILES string of the molecule is CCCCCCCCCCCCCCCCCCCCC(=O)OC[C@H](COP(=O)(O)OC1C(O)C(O)C(O)[C@@H](O)C1O)OC(=O)CCC. The van der Waals surface area contributed by atoms with Gasteiger partial charge < -0.3 is 39.9 Å². The van der Waals surface area contributed by atoms with Gasteiger partial charge in [-0.1, -0.05) is 123 Å². The van der Waals surface area contributed by atoms with E-state index in [2.05, 4.69) is 6.92 Å². The molecule has 0 aromatic rings. The number of phosphoric ester groups is 1. The minimum atomic E-state index is -5.07. The average Bonchev–Trinajstić information content (AvgIpc) is 3.05. The summed E-state index contributed by atoms with van der Waals surface area (Å²) in [4.78, 5) is 34.5. The smallest absolute Gasteiger partial charge is 0.462 e. The monoisotopic (exact) mass is 712 g/mol. The first-order chi connectivity index (χ1) is 22.9. The van der Waals surface area contributed by atoms with Crippen LogP contribution in [0.15, 0.2) is 0 Å². The fourth-order valence-electron chi connectivity index (χ4n) is 5.68. The summed E-state index contributed by atoms with van der Waals surface area (Å²) in [6.07, 6.45) is 9.84. The molecule has 0 aliphatic heterocycles. The normalized spacial score (nSPS) is 24.6. The molecule has 8 atom stereocenters. The van der Waals surface area contributed by atoms with E-state index in [1.807, 2.05) is 0 Å². The van der Waals surface area contributed by atoms with E-state index in [4.69, 9.17) is 18.5 Å². The number of phosphoric acid groups is 1. The van der Waals surface area contributed by atoms with Crippen LogP contribution < -0.4 is 0 Å². The molecule has 0 bridgehead atoms. The molecule has 0 heterocycles. The van der Waals surface area contributed by atoms with Gasteiger partial charge in [0.05, 0.1) is 6.61 Å². The number of unbranched alkanes of at least 4 members (excludes halogenated alkanes) is 17. The molecule has 13 nitrogen and oxygen atoms in total. The maximum Gasteiger partial charge on any atom is 0.472 e. The second-order valence-corrected chi connectivity index (χ2v) is 14.5. The minimum Gasteiger partial charge on any atom is -0.462 e. The predicted molar refractivity (Wildman–Crippen MR) is 180 cm³/mol. The van der Waals surface area contributed by atoms with E-state index in [0.29, 0.717) is 12.8 Å². The number of ether oxygens (including phenoxy) is 2. The number of rotatable bonds is 29. The first kappa shape index (κ1) is 44.9. The molecule has 284 valence electrons. The lowest BCUT2D eigenvalue weighted by molar-refractivity contribution is -0.220. The molecule has 1 saturated carbocycles. The molecule has 1 fully saturated rings. The number of carbonyl (C=O) groups is 2. The Morgan fingerprint density at radius 2 is 0.979 bits per heavy atom. The van der Waals surface area contributed by atoms with Crippen LogP contribution in [0.5, 0.6) is 0 Å². The maximum atomic E-state index is 12.5. The van der Waals surface area contributed by atoms with Gasteiger partial charge in [-0.05, 0) is 12.8 Å². The maximum absolute atomic E-state index is 12.5. The van der Waals surface area contributed by atoms with Gasteiger partial charge in [0.25, 0.3) is 0 Å². The third-order valence-electron chi connectivity index (χ3n) is 8.67. The van der Waals surface area contributed by atoms with Crippen molar-refractivity contribution >= 4 is 19.8 Å². The Morgan fingerprint density at radius 3 is 1.42 bits per heavy atom. The zero-order valence-electron chi connectivity index (χ0n) is 29.3. The molecule has 48 heavy (non-hydrogen) atoms. The van der Waals surface area contributed by atoms with Crippen LogP contribution in [0.2, 0.25) is 0 Å². The van der Waals surface area contributed by atoms with Crippen molar-refractivity contribution in [3.63, 3.8) is 0 Å². The minimum absolute atomic E-state index is 0.0512. The van der Waals surface area contributed by atoms with Crippen molar-refractivity contribution < 1.29 is 63.1 Å². The van der Waals surface area contributed by atoms with Gasteiger partial charge in [-0.15, -0.1) is 0 Å². The van der Waals surface area contributed by atoms with Crippen molar-refractivity contribution in [2.75, 3.05) is 13.2 Å². The Hall–Kier alpha value is -1.15. The standard InChI is InChI=1S/C34H65O13P/c1-3-5-6-7-8-9-10-11-12-13-14-15-16-17-18-19-20-21-23-27(35)44-24-26(46-28(36)22-4-2)25-45-48(42,43)47-34-32(40)30(38)29(37)31(39)33(34)41/h26,29-34,37-41H,3-25H2,1-2H3,(H,42,43)/t26-,29?,30-,31?,32?,33?,34?/m1/s1. The lowest BCUT2D eigenvalue weighted by Gasteiger charge is -2.41. The van der Waals surface area contributed by atoms with Gasteiger partial charge in [0.15, 0.2) is 6.10 Å². The highest BCUT2D eigenvalue weighted by Gasteiger charge is 2.51. The van der Waals surface area contributed by atoms with Gasteiger partial charge >= 0.3 is 19.8 Å². The molecule has 0 aromatic heterocycles. The van der Waals surface area contributed by atoms with Crippen LogP contribution in [0.25, 0.3) is 0 Å².